The molecule has 0 fully saturated rings. The van der Waals surface area contributed by atoms with Gasteiger partial charge in [-0.2, -0.15) is 0 Å². The summed E-state index contributed by atoms with van der Waals surface area (Å²) >= 11 is 0. The van der Waals surface area contributed by atoms with Crippen molar-refractivity contribution in [1.82, 2.24) is 0 Å². The zero-order chi connectivity index (χ0) is 12.1. The Morgan fingerprint density at radius 1 is 1.56 bits per heavy atom. The smallest absolute Gasteiger partial charge is 0.271 e. The normalized spacial score (nSPS) is 9.06. The molecule has 0 heterocycles. The predicted octanol–water partition coefficient (Wildman–Crippen LogP) is 0.423. The van der Waals surface area contributed by atoms with E-state index in [2.05, 4.69) is 11.8 Å². The third-order valence-corrected chi connectivity index (χ3v) is 1.79. The summed E-state index contributed by atoms with van der Waals surface area (Å²) in [7, 11) is 0. The lowest BCUT2D eigenvalue weighted by Crippen LogP contribution is -1.95. The number of carbonyl (C=O) groups excluding carboxylic acids is 1. The molecule has 3 N–H and O–H groups in total. The lowest BCUT2D eigenvalue weighted by atomic mass is 10.1. The highest BCUT2D eigenvalue weighted by Crippen LogP contribution is 2.26. The van der Waals surface area contributed by atoms with Gasteiger partial charge in [0.15, 0.2) is 6.29 Å². The molecule has 0 aliphatic carbocycles. The van der Waals surface area contributed by atoms with E-state index in [-0.39, 0.29) is 29.1 Å². The molecule has 1 aromatic rings. The predicted molar refractivity (Wildman–Crippen MR) is 56.1 cm³/mol. The highest BCUT2D eigenvalue weighted by molar-refractivity contribution is 5.82. The number of nitro benzene ring substituents is 1. The first kappa shape index (κ1) is 11.7. The maximum Gasteiger partial charge on any atom is 0.271 e. The van der Waals surface area contributed by atoms with Gasteiger partial charge >= 0.3 is 0 Å². The molecule has 6 heteroatoms. The van der Waals surface area contributed by atoms with Gasteiger partial charge in [0.05, 0.1) is 22.6 Å². The number of rotatable bonds is 2. The van der Waals surface area contributed by atoms with E-state index >= 15 is 0 Å². The molecule has 0 spiro atoms. The Bertz CT molecular complexity index is 500. The summed E-state index contributed by atoms with van der Waals surface area (Å²) in [5.74, 6) is 4.52. The molecule has 82 valence electrons. The number of nitrogens with two attached hydrogens (primary N) is 1. The third-order valence-electron chi connectivity index (χ3n) is 1.79. The van der Waals surface area contributed by atoms with Gasteiger partial charge in [-0.15, -0.1) is 0 Å². The first-order valence-corrected chi connectivity index (χ1v) is 4.25. The van der Waals surface area contributed by atoms with Gasteiger partial charge in [-0.1, -0.05) is 11.8 Å². The number of benzene rings is 1. The lowest BCUT2D eigenvalue weighted by molar-refractivity contribution is -0.384. The minimum atomic E-state index is -0.667. The first-order valence-electron chi connectivity index (χ1n) is 4.25. The Morgan fingerprint density at radius 2 is 2.25 bits per heavy atom. The quantitative estimate of drug-likeness (QED) is 0.325. The number of phenolic OH excluding ortho intramolecular Hbond substituents is 1. The third kappa shape index (κ3) is 2.34. The van der Waals surface area contributed by atoms with Crippen LogP contribution >= 0.6 is 0 Å². The molecule has 0 radical (unpaired) electrons. The molecular formula is C10H8N2O4. The molecule has 0 aliphatic heterocycles. The molecule has 0 saturated carbocycles. The summed E-state index contributed by atoms with van der Waals surface area (Å²) in [5, 5.41) is 20.1. The van der Waals surface area contributed by atoms with E-state index in [1.165, 1.54) is 0 Å². The number of hydrogen-bond donors (Lipinski definition) is 2. The first-order chi connectivity index (χ1) is 7.60. The Hall–Kier alpha value is -2.39. The summed E-state index contributed by atoms with van der Waals surface area (Å²) < 4.78 is 0. The molecule has 16 heavy (non-hydrogen) atoms. The van der Waals surface area contributed by atoms with Gasteiger partial charge in [-0.25, -0.2) is 0 Å². The average Bonchev–Trinajstić information content (AvgIpc) is 2.27. The van der Waals surface area contributed by atoms with Crippen molar-refractivity contribution in [1.29, 1.82) is 0 Å². The van der Waals surface area contributed by atoms with Crippen molar-refractivity contribution >= 4 is 12.0 Å². The van der Waals surface area contributed by atoms with Crippen LogP contribution in [0.15, 0.2) is 12.1 Å². The number of non-ortho nitro benzene ring substituents is 1. The fourth-order valence-electron chi connectivity index (χ4n) is 1.08. The monoisotopic (exact) mass is 220 g/mol. The zero-order valence-corrected chi connectivity index (χ0v) is 8.14. The summed E-state index contributed by atoms with van der Waals surface area (Å²) in [6.07, 6.45) is 0.329. The van der Waals surface area contributed by atoms with E-state index in [9.17, 15) is 20.0 Å². The average molecular weight is 220 g/mol. The van der Waals surface area contributed by atoms with Crippen LogP contribution in [0.3, 0.4) is 0 Å². The minimum absolute atomic E-state index is 0.0155. The second kappa shape index (κ2) is 4.91. The van der Waals surface area contributed by atoms with Gasteiger partial charge in [-0.3, -0.25) is 14.9 Å². The van der Waals surface area contributed by atoms with Gasteiger partial charge in [0.2, 0.25) is 0 Å². The molecule has 1 rings (SSSR count). The molecule has 0 atom stereocenters. The molecule has 0 unspecified atom stereocenters. The van der Waals surface area contributed by atoms with Gasteiger partial charge in [0.1, 0.15) is 5.75 Å². The summed E-state index contributed by atoms with van der Waals surface area (Å²) in [5.41, 5.74) is 4.68. The van der Waals surface area contributed by atoms with Crippen LogP contribution in [-0.4, -0.2) is 22.9 Å². The number of nitro groups is 1. The summed E-state index contributed by atoms with van der Waals surface area (Å²) in [6, 6.07) is 2.07. The number of carbonyl (C=O) groups is 1. The van der Waals surface area contributed by atoms with E-state index in [4.69, 9.17) is 5.73 Å². The maximum absolute atomic E-state index is 10.6. The molecule has 6 nitrogen and oxygen atoms in total. The minimum Gasteiger partial charge on any atom is -0.506 e. The van der Waals surface area contributed by atoms with Gasteiger partial charge in [0, 0.05) is 12.1 Å². The molecular weight excluding hydrogens is 212 g/mol. The number of nitrogens with zero attached hydrogens (tertiary/aromatic N) is 1. The topological polar surface area (TPSA) is 106 Å². The molecule has 0 aliphatic rings. The van der Waals surface area contributed by atoms with Gasteiger partial charge in [0.25, 0.3) is 5.69 Å². The van der Waals surface area contributed by atoms with Gasteiger partial charge in [-0.05, 0) is 0 Å². The fraction of sp³-hybridized carbons (Fsp3) is 0.100. The second-order valence-corrected chi connectivity index (χ2v) is 2.81. The Morgan fingerprint density at radius 3 is 2.75 bits per heavy atom. The van der Waals surface area contributed by atoms with Crippen molar-refractivity contribution in [2.24, 2.45) is 5.73 Å². The largest absolute Gasteiger partial charge is 0.506 e. The van der Waals surface area contributed by atoms with Crippen molar-refractivity contribution in [3.63, 3.8) is 0 Å². The van der Waals surface area contributed by atoms with Crippen LogP contribution < -0.4 is 5.73 Å². The SMILES string of the molecule is NCC#Cc1cc([N+](=O)[O-])cc(C=O)c1O. The molecule has 1 aromatic carbocycles. The molecule has 0 bridgehead atoms. The highest BCUT2D eigenvalue weighted by Gasteiger charge is 2.14. The van der Waals surface area contributed by atoms with Crippen LogP contribution in [0.5, 0.6) is 5.75 Å². The summed E-state index contributed by atoms with van der Waals surface area (Å²) in [4.78, 5) is 20.4. The van der Waals surface area contributed by atoms with Crippen molar-refractivity contribution in [3.05, 3.63) is 33.4 Å². The lowest BCUT2D eigenvalue weighted by Gasteiger charge is -2.00. The number of aromatic hydroxyl groups is 1. The zero-order valence-electron chi connectivity index (χ0n) is 8.14. The number of hydrogen-bond acceptors (Lipinski definition) is 5. The van der Waals surface area contributed by atoms with E-state index in [0.29, 0.717) is 6.29 Å². The molecule has 0 amide bonds. The van der Waals surface area contributed by atoms with E-state index < -0.39 is 4.92 Å². The van der Waals surface area contributed by atoms with Gasteiger partial charge < -0.3 is 10.8 Å². The van der Waals surface area contributed by atoms with Crippen molar-refractivity contribution in [2.45, 2.75) is 0 Å². The van der Waals surface area contributed by atoms with E-state index in [0.717, 1.165) is 12.1 Å². The van der Waals surface area contributed by atoms with Crippen LogP contribution in [0.2, 0.25) is 0 Å². The van der Waals surface area contributed by atoms with Crippen molar-refractivity contribution in [3.8, 4) is 17.6 Å². The Balaban J connectivity index is 3.41. The van der Waals surface area contributed by atoms with Crippen molar-refractivity contribution in [2.75, 3.05) is 6.54 Å². The van der Waals surface area contributed by atoms with E-state index in [1.54, 1.807) is 0 Å². The second-order valence-electron chi connectivity index (χ2n) is 2.81. The highest BCUT2D eigenvalue weighted by atomic mass is 16.6. The molecule has 0 saturated heterocycles. The standard InChI is InChI=1S/C10H8N2O4/c11-3-1-2-7-4-9(12(15)16)5-8(6-13)10(7)14/h4-6,14H,3,11H2. The fourth-order valence-corrected chi connectivity index (χ4v) is 1.08. The van der Waals surface area contributed by atoms with Crippen molar-refractivity contribution < 1.29 is 14.8 Å². The van der Waals surface area contributed by atoms with Crippen LogP contribution in [0.25, 0.3) is 0 Å². The summed E-state index contributed by atoms with van der Waals surface area (Å²) in [6.45, 7) is 0.0541. The Labute approximate surface area is 90.8 Å². The van der Waals surface area contributed by atoms with Crippen LogP contribution in [-0.2, 0) is 0 Å². The number of aldehydes is 1. The number of phenols is 1. The maximum atomic E-state index is 10.6. The molecule has 0 aromatic heterocycles. The van der Waals surface area contributed by atoms with E-state index in [1.807, 2.05) is 0 Å². The van der Waals surface area contributed by atoms with Crippen LogP contribution in [0.1, 0.15) is 15.9 Å². The Kier molecular flexibility index (Phi) is 3.58. The van der Waals surface area contributed by atoms with Crippen LogP contribution in [0.4, 0.5) is 5.69 Å². The van der Waals surface area contributed by atoms with Crippen LogP contribution in [0, 0.1) is 22.0 Å².